The van der Waals surface area contributed by atoms with E-state index in [0.717, 1.165) is 28.8 Å². The summed E-state index contributed by atoms with van der Waals surface area (Å²) in [6.45, 7) is 2.10. The molecule has 0 bridgehead atoms. The van der Waals surface area contributed by atoms with Gasteiger partial charge in [0.1, 0.15) is 11.4 Å². The number of nitrogens with zero attached hydrogens (tertiary/aromatic N) is 2. The first kappa shape index (κ1) is 16.5. The van der Waals surface area contributed by atoms with Crippen molar-refractivity contribution >= 4 is 16.8 Å². The van der Waals surface area contributed by atoms with Gasteiger partial charge in [-0.1, -0.05) is 42.5 Å². The van der Waals surface area contributed by atoms with Gasteiger partial charge in [-0.2, -0.15) is 0 Å². The van der Waals surface area contributed by atoms with E-state index in [1.807, 2.05) is 65.6 Å². The Kier molecular flexibility index (Phi) is 4.54. The summed E-state index contributed by atoms with van der Waals surface area (Å²) in [5.41, 5.74) is 2.32. The molecule has 4 rings (SSSR count). The van der Waals surface area contributed by atoms with Crippen LogP contribution in [0.4, 0.5) is 0 Å². The van der Waals surface area contributed by atoms with Gasteiger partial charge in [0.25, 0.3) is 5.91 Å². The highest BCUT2D eigenvalue weighted by atomic mass is 16.5. The quantitative estimate of drug-likeness (QED) is 0.791. The minimum absolute atomic E-state index is 0.0480. The summed E-state index contributed by atoms with van der Waals surface area (Å²) < 4.78 is 5.51. The Balaban J connectivity index is 1.69. The van der Waals surface area contributed by atoms with Crippen LogP contribution in [-0.4, -0.2) is 42.5 Å². The Bertz CT molecular complexity index is 941. The maximum Gasteiger partial charge on any atom is 0.273 e. The second-order valence-corrected chi connectivity index (χ2v) is 6.35. The topological polar surface area (TPSA) is 54.5 Å². The molecule has 1 aromatic heterocycles. The highest BCUT2D eigenvalue weighted by molar-refractivity contribution is 5.95. The number of benzene rings is 2. The third-order valence-corrected chi connectivity index (χ3v) is 4.82. The molecule has 132 valence electrons. The molecule has 5 heteroatoms. The van der Waals surface area contributed by atoms with Crippen LogP contribution in [0.25, 0.3) is 10.9 Å². The van der Waals surface area contributed by atoms with Crippen molar-refractivity contribution in [1.82, 2.24) is 15.2 Å². The number of hydrogen-bond donors (Lipinski definition) is 1. The lowest BCUT2D eigenvalue weighted by atomic mass is 10.0. The molecule has 1 fully saturated rings. The van der Waals surface area contributed by atoms with E-state index in [2.05, 4.69) is 10.3 Å². The van der Waals surface area contributed by atoms with Crippen molar-refractivity contribution in [3.63, 3.8) is 0 Å². The second kappa shape index (κ2) is 7.14. The average Bonchev–Trinajstić information content (AvgIpc) is 2.73. The normalized spacial score (nSPS) is 17.3. The van der Waals surface area contributed by atoms with Gasteiger partial charge in [0.05, 0.1) is 18.7 Å². The van der Waals surface area contributed by atoms with Gasteiger partial charge in [0.2, 0.25) is 0 Å². The van der Waals surface area contributed by atoms with E-state index in [-0.39, 0.29) is 11.9 Å². The molecular formula is C21H21N3O2. The van der Waals surface area contributed by atoms with Gasteiger partial charge in [-0.05, 0) is 18.2 Å². The van der Waals surface area contributed by atoms with Crippen LogP contribution < -0.4 is 10.1 Å². The number of methoxy groups -OCH3 is 1. The fourth-order valence-corrected chi connectivity index (χ4v) is 3.50. The summed E-state index contributed by atoms with van der Waals surface area (Å²) in [5.74, 6) is 0.749. The lowest BCUT2D eigenvalue weighted by Gasteiger charge is -2.37. The van der Waals surface area contributed by atoms with E-state index in [0.29, 0.717) is 18.8 Å². The number of rotatable bonds is 3. The number of carbonyl (C=O) groups excluding carboxylic acids is 1. The number of para-hydroxylation sites is 2. The van der Waals surface area contributed by atoms with E-state index < -0.39 is 0 Å². The van der Waals surface area contributed by atoms with E-state index in [4.69, 9.17) is 4.74 Å². The Morgan fingerprint density at radius 3 is 2.81 bits per heavy atom. The van der Waals surface area contributed by atoms with Crippen molar-refractivity contribution in [2.45, 2.75) is 6.04 Å². The predicted molar refractivity (Wildman–Crippen MR) is 101 cm³/mol. The SMILES string of the molecule is COc1ccccc1[C@H]1CNCCN1C(=O)c1ccc2ccccc2n1. The van der Waals surface area contributed by atoms with Crippen molar-refractivity contribution in [3.8, 4) is 5.75 Å². The molecule has 1 amide bonds. The average molecular weight is 347 g/mol. The second-order valence-electron chi connectivity index (χ2n) is 6.35. The molecule has 1 saturated heterocycles. The molecule has 5 nitrogen and oxygen atoms in total. The molecule has 1 aliphatic heterocycles. The Labute approximate surface area is 152 Å². The minimum atomic E-state index is -0.0827. The number of ether oxygens (including phenoxy) is 1. The van der Waals surface area contributed by atoms with E-state index in [9.17, 15) is 4.79 Å². The molecule has 2 aromatic carbocycles. The third-order valence-electron chi connectivity index (χ3n) is 4.82. The van der Waals surface area contributed by atoms with Crippen LogP contribution in [-0.2, 0) is 0 Å². The summed E-state index contributed by atoms with van der Waals surface area (Å²) in [6, 6.07) is 19.4. The first-order valence-corrected chi connectivity index (χ1v) is 8.78. The molecule has 2 heterocycles. The van der Waals surface area contributed by atoms with Gasteiger partial charge in [-0.15, -0.1) is 0 Å². The molecule has 1 N–H and O–H groups in total. The van der Waals surface area contributed by atoms with Crippen LogP contribution in [0, 0.1) is 0 Å². The van der Waals surface area contributed by atoms with Crippen molar-refractivity contribution in [2.75, 3.05) is 26.7 Å². The summed E-state index contributed by atoms with van der Waals surface area (Å²) in [6.07, 6.45) is 0. The number of pyridine rings is 1. The van der Waals surface area contributed by atoms with Crippen molar-refractivity contribution < 1.29 is 9.53 Å². The lowest BCUT2D eigenvalue weighted by Crippen LogP contribution is -2.49. The smallest absolute Gasteiger partial charge is 0.273 e. The summed E-state index contributed by atoms with van der Waals surface area (Å²) in [4.78, 5) is 19.7. The third kappa shape index (κ3) is 3.02. The zero-order valence-corrected chi connectivity index (χ0v) is 14.7. The summed E-state index contributed by atoms with van der Waals surface area (Å²) in [7, 11) is 1.66. The number of fused-ring (bicyclic) bond motifs is 1. The fourth-order valence-electron chi connectivity index (χ4n) is 3.50. The van der Waals surface area contributed by atoms with E-state index in [1.165, 1.54) is 0 Å². The first-order chi connectivity index (χ1) is 12.8. The molecule has 0 aliphatic carbocycles. The lowest BCUT2D eigenvalue weighted by molar-refractivity contribution is 0.0626. The number of nitrogens with one attached hydrogen (secondary N) is 1. The summed E-state index contributed by atoms with van der Waals surface area (Å²) >= 11 is 0. The van der Waals surface area contributed by atoms with Gasteiger partial charge in [0, 0.05) is 30.6 Å². The largest absolute Gasteiger partial charge is 0.496 e. The standard InChI is InChI=1S/C21H21N3O2/c1-26-20-9-5-3-7-16(20)19-14-22-12-13-24(19)21(25)18-11-10-15-6-2-4-8-17(15)23-18/h2-11,19,22H,12-14H2,1H3/t19-/m1/s1. The van der Waals surface area contributed by atoms with Crippen LogP contribution in [0.2, 0.25) is 0 Å². The minimum Gasteiger partial charge on any atom is -0.496 e. The van der Waals surface area contributed by atoms with Gasteiger partial charge in [-0.25, -0.2) is 4.98 Å². The van der Waals surface area contributed by atoms with Crippen LogP contribution in [0.5, 0.6) is 5.75 Å². The maximum absolute atomic E-state index is 13.2. The van der Waals surface area contributed by atoms with Crippen molar-refractivity contribution in [1.29, 1.82) is 0 Å². The van der Waals surface area contributed by atoms with Gasteiger partial charge < -0.3 is 15.0 Å². The van der Waals surface area contributed by atoms with Crippen LogP contribution in [0.15, 0.2) is 60.7 Å². The molecule has 1 aliphatic rings. The number of aromatic nitrogens is 1. The van der Waals surface area contributed by atoms with Crippen LogP contribution >= 0.6 is 0 Å². The Morgan fingerprint density at radius 1 is 1.12 bits per heavy atom. The summed E-state index contributed by atoms with van der Waals surface area (Å²) in [5, 5.41) is 4.41. The highest BCUT2D eigenvalue weighted by Gasteiger charge is 2.31. The van der Waals surface area contributed by atoms with E-state index in [1.54, 1.807) is 7.11 Å². The zero-order chi connectivity index (χ0) is 17.9. The predicted octanol–water partition coefficient (Wildman–Crippen LogP) is 3.03. The number of piperazine rings is 1. The molecule has 0 radical (unpaired) electrons. The maximum atomic E-state index is 13.2. The fraction of sp³-hybridized carbons (Fsp3) is 0.238. The monoisotopic (exact) mass is 347 g/mol. The number of amides is 1. The van der Waals surface area contributed by atoms with Gasteiger partial charge in [-0.3, -0.25) is 4.79 Å². The van der Waals surface area contributed by atoms with Crippen molar-refractivity contribution in [2.24, 2.45) is 0 Å². The molecule has 0 saturated carbocycles. The first-order valence-electron chi connectivity index (χ1n) is 8.78. The molecule has 26 heavy (non-hydrogen) atoms. The number of hydrogen-bond acceptors (Lipinski definition) is 4. The van der Waals surface area contributed by atoms with Crippen molar-refractivity contribution in [3.05, 3.63) is 71.9 Å². The van der Waals surface area contributed by atoms with Crippen LogP contribution in [0.3, 0.4) is 0 Å². The van der Waals surface area contributed by atoms with Crippen LogP contribution in [0.1, 0.15) is 22.1 Å². The van der Waals surface area contributed by atoms with Gasteiger partial charge in [0.15, 0.2) is 0 Å². The van der Waals surface area contributed by atoms with E-state index >= 15 is 0 Å². The highest BCUT2D eigenvalue weighted by Crippen LogP contribution is 2.31. The molecular weight excluding hydrogens is 326 g/mol. The Morgan fingerprint density at radius 2 is 1.92 bits per heavy atom. The molecule has 1 atom stereocenters. The number of carbonyl (C=O) groups is 1. The molecule has 0 spiro atoms. The molecule has 0 unspecified atom stereocenters. The zero-order valence-electron chi connectivity index (χ0n) is 14.7. The Hall–Kier alpha value is -2.92. The molecule has 3 aromatic rings. The van der Waals surface area contributed by atoms with Gasteiger partial charge >= 0.3 is 0 Å².